The molecule has 0 bridgehead atoms. The summed E-state index contributed by atoms with van der Waals surface area (Å²) in [6.45, 7) is 14.5. The number of nitrogens with zero attached hydrogens (tertiary/aromatic N) is 2. The van der Waals surface area contributed by atoms with Gasteiger partial charge in [0.15, 0.2) is 0 Å². The second-order valence-electron chi connectivity index (χ2n) is 7.37. The summed E-state index contributed by atoms with van der Waals surface area (Å²) in [5.74, 6) is 1.17. The van der Waals surface area contributed by atoms with Crippen molar-refractivity contribution in [2.75, 3.05) is 18.0 Å². The number of nitrogens with one attached hydrogen (secondary N) is 1. The predicted molar refractivity (Wildman–Crippen MR) is 90.8 cm³/mol. The summed E-state index contributed by atoms with van der Waals surface area (Å²) in [6.07, 6.45) is 3.51. The Kier molecular flexibility index (Phi) is 5.26. The van der Waals surface area contributed by atoms with Gasteiger partial charge in [0.05, 0.1) is 0 Å². The first-order chi connectivity index (χ1) is 9.89. The average molecular weight is 289 g/mol. The second kappa shape index (κ2) is 6.78. The van der Waals surface area contributed by atoms with E-state index in [9.17, 15) is 0 Å². The molecule has 0 atom stereocenters. The van der Waals surface area contributed by atoms with Gasteiger partial charge in [-0.15, -0.1) is 0 Å². The number of pyridine rings is 1. The van der Waals surface area contributed by atoms with Crippen molar-refractivity contribution in [1.29, 1.82) is 0 Å². The molecule has 1 aromatic heterocycles. The quantitative estimate of drug-likeness (QED) is 0.894. The van der Waals surface area contributed by atoms with Gasteiger partial charge in [0.1, 0.15) is 5.82 Å². The van der Waals surface area contributed by atoms with Gasteiger partial charge in [0.25, 0.3) is 0 Å². The molecule has 0 aromatic carbocycles. The smallest absolute Gasteiger partial charge is 0.129 e. The minimum atomic E-state index is 0.487. The van der Waals surface area contributed by atoms with Gasteiger partial charge in [-0.1, -0.05) is 34.6 Å². The van der Waals surface area contributed by atoms with Gasteiger partial charge >= 0.3 is 0 Å². The predicted octanol–water partition coefficient (Wildman–Crippen LogP) is 3.77. The van der Waals surface area contributed by atoms with Gasteiger partial charge in [0, 0.05) is 31.4 Å². The molecule has 0 spiro atoms. The Morgan fingerprint density at radius 1 is 1.24 bits per heavy atom. The van der Waals surface area contributed by atoms with Crippen LogP contribution in [0, 0.1) is 5.41 Å². The van der Waals surface area contributed by atoms with Crippen molar-refractivity contribution in [3.8, 4) is 0 Å². The molecule has 3 heteroatoms. The number of piperidine rings is 1. The van der Waals surface area contributed by atoms with Crippen molar-refractivity contribution >= 4 is 5.82 Å². The topological polar surface area (TPSA) is 28.2 Å². The van der Waals surface area contributed by atoms with E-state index in [-0.39, 0.29) is 0 Å². The van der Waals surface area contributed by atoms with Crippen molar-refractivity contribution in [3.05, 3.63) is 23.4 Å². The molecular weight excluding hydrogens is 258 g/mol. The molecule has 2 heterocycles. The lowest BCUT2D eigenvalue weighted by Gasteiger charge is -2.37. The number of hydrogen-bond acceptors (Lipinski definition) is 3. The Morgan fingerprint density at radius 2 is 1.90 bits per heavy atom. The number of anilines is 1. The minimum Gasteiger partial charge on any atom is -0.357 e. The van der Waals surface area contributed by atoms with Crippen LogP contribution in [-0.4, -0.2) is 24.1 Å². The van der Waals surface area contributed by atoms with Crippen molar-refractivity contribution in [1.82, 2.24) is 10.3 Å². The Balaban J connectivity index is 2.13. The summed E-state index contributed by atoms with van der Waals surface area (Å²) in [7, 11) is 0. The van der Waals surface area contributed by atoms with E-state index in [0.717, 1.165) is 26.1 Å². The van der Waals surface area contributed by atoms with Crippen LogP contribution in [0.2, 0.25) is 0 Å². The van der Waals surface area contributed by atoms with Gasteiger partial charge < -0.3 is 10.2 Å². The third-order valence-electron chi connectivity index (χ3n) is 4.44. The van der Waals surface area contributed by atoms with Crippen LogP contribution in [0.15, 0.2) is 12.1 Å². The zero-order valence-corrected chi connectivity index (χ0v) is 14.4. The van der Waals surface area contributed by atoms with Gasteiger partial charge in [-0.25, -0.2) is 4.98 Å². The number of aryl methyl sites for hydroxylation is 1. The van der Waals surface area contributed by atoms with Gasteiger partial charge in [-0.05, 0) is 42.4 Å². The molecule has 1 aromatic rings. The van der Waals surface area contributed by atoms with Crippen LogP contribution in [0.4, 0.5) is 5.82 Å². The Morgan fingerprint density at radius 3 is 2.48 bits per heavy atom. The standard InChI is InChI=1S/C18H31N3/c1-6-16-11-15(13-19-14(2)3)12-17(20-16)21-9-7-18(4,5)8-10-21/h11-12,14,19H,6-10,13H2,1-5H3. The molecule has 0 saturated carbocycles. The van der Waals surface area contributed by atoms with Crippen LogP contribution in [-0.2, 0) is 13.0 Å². The zero-order chi connectivity index (χ0) is 15.5. The van der Waals surface area contributed by atoms with E-state index in [1.807, 2.05) is 0 Å². The maximum Gasteiger partial charge on any atom is 0.129 e. The highest BCUT2D eigenvalue weighted by molar-refractivity contribution is 5.43. The Labute approximate surface area is 130 Å². The summed E-state index contributed by atoms with van der Waals surface area (Å²) in [5.41, 5.74) is 3.05. The van der Waals surface area contributed by atoms with Crippen LogP contribution in [0.1, 0.15) is 58.7 Å². The second-order valence-corrected chi connectivity index (χ2v) is 7.37. The fourth-order valence-electron chi connectivity index (χ4n) is 2.74. The summed E-state index contributed by atoms with van der Waals surface area (Å²) < 4.78 is 0. The van der Waals surface area contributed by atoms with E-state index in [4.69, 9.17) is 4.98 Å². The van der Waals surface area contributed by atoms with Crippen molar-refractivity contribution < 1.29 is 0 Å². The Bertz CT molecular complexity index is 456. The number of rotatable bonds is 5. The SMILES string of the molecule is CCc1cc(CNC(C)C)cc(N2CCC(C)(C)CC2)n1. The first kappa shape index (κ1) is 16.3. The van der Waals surface area contributed by atoms with E-state index in [0.29, 0.717) is 11.5 Å². The van der Waals surface area contributed by atoms with Crippen LogP contribution >= 0.6 is 0 Å². The molecule has 118 valence electrons. The van der Waals surface area contributed by atoms with Gasteiger partial charge in [-0.3, -0.25) is 0 Å². The summed E-state index contributed by atoms with van der Waals surface area (Å²) in [5, 5.41) is 3.51. The highest BCUT2D eigenvalue weighted by Crippen LogP contribution is 2.31. The maximum atomic E-state index is 4.85. The molecule has 0 radical (unpaired) electrons. The number of aromatic nitrogens is 1. The normalized spacial score (nSPS) is 18.3. The minimum absolute atomic E-state index is 0.487. The van der Waals surface area contributed by atoms with E-state index in [1.54, 1.807) is 0 Å². The van der Waals surface area contributed by atoms with Crippen LogP contribution in [0.25, 0.3) is 0 Å². The summed E-state index contributed by atoms with van der Waals surface area (Å²) in [6, 6.07) is 5.03. The molecule has 1 aliphatic heterocycles. The molecule has 3 nitrogen and oxygen atoms in total. The maximum absolute atomic E-state index is 4.85. The lowest BCUT2D eigenvalue weighted by atomic mass is 9.83. The summed E-state index contributed by atoms with van der Waals surface area (Å²) >= 11 is 0. The highest BCUT2D eigenvalue weighted by atomic mass is 15.2. The molecule has 0 amide bonds. The average Bonchev–Trinajstić information content (AvgIpc) is 2.44. The van der Waals surface area contributed by atoms with Crippen molar-refractivity contribution in [2.45, 2.75) is 66.5 Å². The molecule has 1 fully saturated rings. The van der Waals surface area contributed by atoms with E-state index < -0.39 is 0 Å². The first-order valence-electron chi connectivity index (χ1n) is 8.38. The molecule has 1 aliphatic rings. The largest absolute Gasteiger partial charge is 0.357 e. The zero-order valence-electron chi connectivity index (χ0n) is 14.4. The highest BCUT2D eigenvalue weighted by Gasteiger charge is 2.26. The van der Waals surface area contributed by atoms with E-state index in [2.05, 4.69) is 57.0 Å². The Hall–Kier alpha value is -1.09. The third kappa shape index (κ3) is 4.70. The molecule has 0 aliphatic carbocycles. The molecule has 0 unspecified atom stereocenters. The van der Waals surface area contributed by atoms with Gasteiger partial charge in [0.2, 0.25) is 0 Å². The lowest BCUT2D eigenvalue weighted by Crippen LogP contribution is -2.38. The van der Waals surface area contributed by atoms with Crippen molar-refractivity contribution in [3.63, 3.8) is 0 Å². The molecule has 1 N–H and O–H groups in total. The molecular formula is C18H31N3. The van der Waals surface area contributed by atoms with E-state index in [1.165, 1.54) is 29.9 Å². The monoisotopic (exact) mass is 289 g/mol. The van der Waals surface area contributed by atoms with Gasteiger partial charge in [-0.2, -0.15) is 0 Å². The molecule has 21 heavy (non-hydrogen) atoms. The fourth-order valence-corrected chi connectivity index (χ4v) is 2.74. The number of hydrogen-bond donors (Lipinski definition) is 1. The van der Waals surface area contributed by atoms with Crippen LogP contribution < -0.4 is 10.2 Å². The fraction of sp³-hybridized carbons (Fsp3) is 0.722. The van der Waals surface area contributed by atoms with Crippen molar-refractivity contribution in [2.24, 2.45) is 5.41 Å². The summed E-state index contributed by atoms with van der Waals surface area (Å²) in [4.78, 5) is 7.31. The van der Waals surface area contributed by atoms with E-state index >= 15 is 0 Å². The molecule has 1 saturated heterocycles. The van der Waals surface area contributed by atoms with Crippen LogP contribution in [0.5, 0.6) is 0 Å². The van der Waals surface area contributed by atoms with Crippen LogP contribution in [0.3, 0.4) is 0 Å². The third-order valence-corrected chi connectivity index (χ3v) is 4.44. The lowest BCUT2D eigenvalue weighted by molar-refractivity contribution is 0.279. The molecule has 2 rings (SSSR count). The first-order valence-corrected chi connectivity index (χ1v) is 8.38.